The van der Waals surface area contributed by atoms with Crippen LogP contribution in [0.15, 0.2) is 10.5 Å². The first-order chi connectivity index (χ1) is 14.6. The highest BCUT2D eigenvalue weighted by Crippen LogP contribution is 2.33. The molecule has 0 bridgehead atoms. The zero-order valence-electron chi connectivity index (χ0n) is 16.4. The van der Waals surface area contributed by atoms with E-state index in [1.54, 1.807) is 0 Å². The van der Waals surface area contributed by atoms with Gasteiger partial charge in [-0.1, -0.05) is 18.5 Å². The number of aromatic nitrogens is 1. The molecule has 1 aromatic heterocycles. The fourth-order valence-corrected chi connectivity index (χ4v) is 5.75. The van der Waals surface area contributed by atoms with Crippen molar-refractivity contribution in [3.8, 4) is 0 Å². The Balaban J connectivity index is 2.18. The Morgan fingerprint density at radius 1 is 1.48 bits per heavy atom. The van der Waals surface area contributed by atoms with Gasteiger partial charge in [-0.25, -0.2) is 4.98 Å². The van der Waals surface area contributed by atoms with Crippen LogP contribution in [0.4, 0.5) is 5.13 Å². The number of hydrogen-bond acceptors (Lipinski definition) is 10. The summed E-state index contributed by atoms with van der Waals surface area (Å²) in [5, 5.41) is 9.06. The largest absolute Gasteiger partial charge is 0.398 e. The summed E-state index contributed by atoms with van der Waals surface area (Å²) in [5.41, 5.74) is -0.233. The zero-order valence-corrected chi connectivity index (χ0v) is 19.6. The van der Waals surface area contributed by atoms with Crippen LogP contribution < -0.4 is 10.6 Å². The summed E-state index contributed by atoms with van der Waals surface area (Å²) in [5.74, 6) is -2.08. The molecule has 0 aliphatic carbocycles. The molecular weight excluding hydrogens is 494 g/mol. The highest BCUT2D eigenvalue weighted by molar-refractivity contribution is 8.00. The number of nitrogens with one attached hydrogen (secondary N) is 2. The molecule has 0 unspecified atom stereocenters. The van der Waals surface area contributed by atoms with E-state index in [9.17, 15) is 27.4 Å². The molecule has 0 spiro atoms. The lowest BCUT2D eigenvalue weighted by molar-refractivity contribution is -0.140. The molecule has 1 aromatic rings. The van der Waals surface area contributed by atoms with Crippen molar-refractivity contribution in [3.63, 3.8) is 0 Å². The predicted molar refractivity (Wildman–Crippen MR) is 116 cm³/mol. The molecule has 2 rings (SSSR count). The number of carbonyl (C=O) groups excluding carboxylic acids is 3. The molecule has 0 radical (unpaired) electrons. The van der Waals surface area contributed by atoms with Crippen molar-refractivity contribution in [2.24, 2.45) is 5.16 Å². The summed E-state index contributed by atoms with van der Waals surface area (Å²) >= 11 is 7.56. The van der Waals surface area contributed by atoms with Gasteiger partial charge < -0.3 is 15.5 Å². The fourth-order valence-electron chi connectivity index (χ4n) is 2.43. The average molecular weight is 514 g/mol. The van der Waals surface area contributed by atoms with Gasteiger partial charge in [0.2, 0.25) is 5.91 Å². The molecule has 2 heterocycles. The van der Waals surface area contributed by atoms with Crippen molar-refractivity contribution in [1.82, 2.24) is 14.6 Å². The number of hydrogen-bond donors (Lipinski definition) is 3. The molecule has 3 N–H and O–H groups in total. The molecule has 3 amide bonds. The van der Waals surface area contributed by atoms with Crippen LogP contribution in [0, 0.1) is 0 Å². The van der Waals surface area contributed by atoms with Gasteiger partial charge in [-0.3, -0.25) is 18.9 Å². The number of carbonyl (C=O) groups is 3. The van der Waals surface area contributed by atoms with Crippen molar-refractivity contribution < 1.29 is 32.2 Å². The number of unbranched alkanes of at least 4 members (excludes halogenated alkanes) is 1. The first kappa shape index (κ1) is 25.3. The van der Waals surface area contributed by atoms with E-state index in [1.807, 2.05) is 6.92 Å². The molecule has 1 fully saturated rings. The van der Waals surface area contributed by atoms with E-state index in [0.717, 1.165) is 35.9 Å². The third-order valence-electron chi connectivity index (χ3n) is 3.83. The second-order valence-corrected chi connectivity index (χ2v) is 9.66. The Kier molecular flexibility index (Phi) is 9.05. The number of halogens is 1. The Bertz CT molecular complexity index is 968. The van der Waals surface area contributed by atoms with Crippen molar-refractivity contribution in [3.05, 3.63) is 11.1 Å². The molecule has 1 saturated heterocycles. The Morgan fingerprint density at radius 3 is 2.77 bits per heavy atom. The summed E-state index contributed by atoms with van der Waals surface area (Å²) < 4.78 is 32.7. The fraction of sp³-hybridized carbons (Fsp3) is 0.533. The number of thiazole rings is 1. The lowest BCUT2D eigenvalue weighted by Crippen LogP contribution is -2.71. The van der Waals surface area contributed by atoms with Crippen LogP contribution in [0.3, 0.4) is 0 Å². The average Bonchev–Trinajstić information content (AvgIpc) is 3.16. The number of alkyl halides is 1. The lowest BCUT2D eigenvalue weighted by atomic mass is 10.1. The molecule has 0 aromatic carbocycles. The number of rotatable bonds is 11. The van der Waals surface area contributed by atoms with Crippen molar-refractivity contribution >= 4 is 73.6 Å². The second-order valence-electron chi connectivity index (χ2n) is 6.02. The third kappa shape index (κ3) is 6.29. The van der Waals surface area contributed by atoms with Crippen molar-refractivity contribution in [1.29, 1.82) is 0 Å². The van der Waals surface area contributed by atoms with Crippen molar-refractivity contribution in [2.75, 3.05) is 24.1 Å². The van der Waals surface area contributed by atoms with Crippen LogP contribution in [0.2, 0.25) is 0 Å². The van der Waals surface area contributed by atoms with Crippen molar-refractivity contribution in [2.45, 2.75) is 31.2 Å². The minimum absolute atomic E-state index is 0.0582. The number of thioether (sulfide) groups is 1. The maximum Gasteiger partial charge on any atom is 0.363 e. The minimum Gasteiger partial charge on any atom is -0.398 e. The summed E-state index contributed by atoms with van der Waals surface area (Å²) in [6.45, 7) is 1.94. The van der Waals surface area contributed by atoms with Gasteiger partial charge >= 0.3 is 10.3 Å². The van der Waals surface area contributed by atoms with E-state index in [2.05, 4.69) is 25.6 Å². The standard InChI is InChI=1S/C15H20ClN5O7S3/c1-3-4-5-29-14-11(13(24)21(14)31(25,26)27)19-12(23)10(20-28-2)8-7-30-15(17-8)18-9(22)6-16/h7,11,14H,3-6H2,1-2H3,(H,19,23)(H,17,18,22)(H,25,26,27)/t11-,14-/m1/s1. The summed E-state index contributed by atoms with van der Waals surface area (Å²) in [6, 6.07) is -1.20. The van der Waals surface area contributed by atoms with E-state index < -0.39 is 39.4 Å². The predicted octanol–water partition coefficient (Wildman–Crippen LogP) is 0.660. The second kappa shape index (κ2) is 11.1. The van der Waals surface area contributed by atoms with Gasteiger partial charge in [-0.15, -0.1) is 34.7 Å². The zero-order chi connectivity index (χ0) is 23.2. The minimum atomic E-state index is -4.77. The number of β-lactam (4-membered cyclic amide) rings is 1. The van der Waals surface area contributed by atoms with E-state index in [1.165, 1.54) is 12.5 Å². The summed E-state index contributed by atoms with van der Waals surface area (Å²) in [7, 11) is -3.57. The Hall–Kier alpha value is -1.94. The first-order valence-electron chi connectivity index (χ1n) is 8.80. The maximum absolute atomic E-state index is 12.7. The summed E-state index contributed by atoms with van der Waals surface area (Å²) in [4.78, 5) is 45.1. The highest BCUT2D eigenvalue weighted by atomic mass is 35.5. The van der Waals surface area contributed by atoms with Gasteiger partial charge in [0, 0.05) is 5.38 Å². The number of anilines is 1. The monoisotopic (exact) mass is 513 g/mol. The van der Waals surface area contributed by atoms with Gasteiger partial charge in [0.1, 0.15) is 30.1 Å². The van der Waals surface area contributed by atoms with Crippen LogP contribution >= 0.6 is 34.7 Å². The molecule has 2 atom stereocenters. The van der Waals surface area contributed by atoms with Gasteiger partial charge in [0.15, 0.2) is 10.8 Å². The van der Waals surface area contributed by atoms with Gasteiger partial charge in [-0.2, -0.15) is 12.7 Å². The van der Waals surface area contributed by atoms with Crippen LogP contribution in [-0.2, 0) is 29.5 Å². The lowest BCUT2D eigenvalue weighted by Gasteiger charge is -2.43. The molecule has 1 aliphatic heterocycles. The van der Waals surface area contributed by atoms with Gasteiger partial charge in [0.05, 0.1) is 0 Å². The number of nitrogens with zero attached hydrogens (tertiary/aromatic N) is 3. The molecule has 1 aliphatic rings. The number of oxime groups is 1. The quantitative estimate of drug-likeness (QED) is 0.0960. The molecule has 12 nitrogen and oxygen atoms in total. The topological polar surface area (TPSA) is 167 Å². The third-order valence-corrected chi connectivity index (χ3v) is 7.22. The summed E-state index contributed by atoms with van der Waals surface area (Å²) in [6.07, 6.45) is 1.59. The van der Waals surface area contributed by atoms with Crippen LogP contribution in [0.25, 0.3) is 0 Å². The van der Waals surface area contributed by atoms with Gasteiger partial charge in [0.25, 0.3) is 11.8 Å². The van der Waals surface area contributed by atoms with Crippen LogP contribution in [0.5, 0.6) is 0 Å². The molecule has 16 heteroatoms. The van der Waals surface area contributed by atoms with E-state index >= 15 is 0 Å². The van der Waals surface area contributed by atoms with Crippen LogP contribution in [-0.4, -0.2) is 75.9 Å². The van der Waals surface area contributed by atoms with E-state index in [4.69, 9.17) is 11.6 Å². The molecule has 31 heavy (non-hydrogen) atoms. The molecule has 172 valence electrons. The Labute approximate surface area is 191 Å². The molecular formula is C15H20ClN5O7S3. The normalized spacial score (nSPS) is 19.0. The van der Waals surface area contributed by atoms with Gasteiger partial charge in [-0.05, 0) is 12.2 Å². The van der Waals surface area contributed by atoms with Crippen LogP contribution in [0.1, 0.15) is 25.5 Å². The number of amides is 3. The smallest absolute Gasteiger partial charge is 0.363 e. The highest BCUT2D eigenvalue weighted by Gasteiger charge is 2.54. The maximum atomic E-state index is 12.7. The Morgan fingerprint density at radius 2 is 2.19 bits per heavy atom. The SMILES string of the molecule is CCCCS[C@@H]1[C@H](NC(=O)C(=NOC)c2csc(NC(=O)CCl)n2)C(=O)N1S(=O)(=O)O. The molecule has 0 saturated carbocycles. The van der Waals surface area contributed by atoms with E-state index in [0.29, 0.717) is 10.1 Å². The first-order valence-corrected chi connectivity index (χ1v) is 12.7. The van der Waals surface area contributed by atoms with E-state index in [-0.39, 0.29) is 22.4 Å².